The van der Waals surface area contributed by atoms with Gasteiger partial charge in [0, 0.05) is 68.8 Å². The summed E-state index contributed by atoms with van der Waals surface area (Å²) in [5.41, 5.74) is 25.1. The lowest BCUT2D eigenvalue weighted by molar-refractivity contribution is -0.141. The third-order valence-electron chi connectivity index (χ3n) is 13.3. The Labute approximate surface area is 463 Å². The molecule has 2 aromatic heterocycles. The second kappa shape index (κ2) is 30.9. The predicted molar refractivity (Wildman–Crippen MR) is 300 cm³/mol. The van der Waals surface area contributed by atoms with Gasteiger partial charge in [-0.2, -0.15) is 0 Å². The lowest BCUT2D eigenvalue weighted by Gasteiger charge is -2.28. The highest BCUT2D eigenvalue weighted by Gasteiger charge is 2.35. The van der Waals surface area contributed by atoms with Gasteiger partial charge in [-0.05, 0) is 73.0 Å². The van der Waals surface area contributed by atoms with E-state index in [1.807, 2.05) is 67.6 Å². The molecule has 0 aliphatic heterocycles. The number of hydrogen-bond acceptors (Lipinski definition) is 12. The number of nitrogens with one attached hydrogen (secondary N) is 8. The van der Waals surface area contributed by atoms with Gasteiger partial charge in [-0.1, -0.05) is 80.4 Å². The Morgan fingerprint density at radius 3 is 1.80 bits per heavy atom. The van der Waals surface area contributed by atoms with Crippen molar-refractivity contribution in [3.8, 4) is 0 Å². The lowest BCUT2D eigenvalue weighted by atomic mass is 9.99. The summed E-state index contributed by atoms with van der Waals surface area (Å²) >= 11 is 0. The van der Waals surface area contributed by atoms with E-state index >= 15 is 0 Å². The molecule has 0 fully saturated rings. The van der Waals surface area contributed by atoms with Gasteiger partial charge >= 0.3 is 5.97 Å². The number of hydrogen-bond donors (Lipinski definition) is 13. The van der Waals surface area contributed by atoms with Gasteiger partial charge in [0.2, 0.25) is 47.3 Å². The molecule has 0 spiro atoms. The maximum absolute atomic E-state index is 15.0. The number of carbonyl (C=O) groups excluding carboxylic acids is 8. The fourth-order valence-electron chi connectivity index (χ4n) is 9.03. The number of carboxylic acids is 1. The summed E-state index contributed by atoms with van der Waals surface area (Å²) in [6, 6.07) is 10.5. The molecule has 5 rings (SSSR count). The van der Waals surface area contributed by atoms with E-state index in [4.69, 9.17) is 22.9 Å². The summed E-state index contributed by atoms with van der Waals surface area (Å²) in [5, 5.41) is 30.9. The van der Waals surface area contributed by atoms with Crippen LogP contribution in [-0.2, 0) is 69.5 Å². The second-order valence-electron chi connectivity index (χ2n) is 19.6. The van der Waals surface area contributed by atoms with Crippen molar-refractivity contribution in [2.24, 2.45) is 35.0 Å². The minimum atomic E-state index is -1.73. The number of primary amides is 1. The van der Waals surface area contributed by atoms with Crippen molar-refractivity contribution in [1.29, 1.82) is 0 Å². The van der Waals surface area contributed by atoms with Crippen LogP contribution in [0.1, 0.15) is 88.5 Å². The molecule has 2 heterocycles. The number of nitrogens with two attached hydrogens (primary N) is 4. The Bertz CT molecular complexity index is 2990. The summed E-state index contributed by atoms with van der Waals surface area (Å²) in [7, 11) is 1.65. The summed E-state index contributed by atoms with van der Waals surface area (Å²) in [6.07, 6.45) is 5.89. The minimum Gasteiger partial charge on any atom is -0.481 e. The van der Waals surface area contributed by atoms with Crippen molar-refractivity contribution in [3.63, 3.8) is 0 Å². The van der Waals surface area contributed by atoms with Gasteiger partial charge in [-0.15, -0.1) is 0 Å². The number of aliphatic carboxylic acids is 1. The quantitative estimate of drug-likeness (QED) is 0.0147. The van der Waals surface area contributed by atoms with Crippen LogP contribution in [0.4, 0.5) is 0 Å². The highest BCUT2D eigenvalue weighted by atomic mass is 16.4. The number of imidazole rings is 1. The number of fused-ring (bicyclic) bond motifs is 2. The standard InChI is InChI=1S/C55H75N15O10/c1-4-5-16-41(63-32(2)71)49(75)69-46(28-47(72)73)54(80)68-45(27-37-30-60-31-70(37)3)53(79)66-43(25-33-20-21-34-13-6-7-14-35(34)24-33)51(77)65-42(19-12-23-61-55(58)59)50(76)67-44(26-36-29-62-39-17-9-8-15-38(36)39)52(78)64-40(48(57)74)18-10-11-22-56/h6-9,13-15,17,20-21,24,29-31,40-46,62H,4-5,10-12,16,18-19,22-23,25-28,56H2,1-3H3,(H2,57,74)(H,63,71)(H,64,78)(H,65,77)(H,66,79)(H,67,76)(H,68,80)(H,69,75)(H,72,73)(H4,58,59,61)/t40-,41-,42-,43+,44-,45-,46-/m0/s1. The number of aliphatic imine (C=N–C) groups is 1. The Hall–Kier alpha value is -8.87. The third-order valence-corrected chi connectivity index (χ3v) is 13.3. The van der Waals surface area contributed by atoms with Crippen molar-refractivity contribution < 1.29 is 48.3 Å². The van der Waals surface area contributed by atoms with Gasteiger partial charge in [-0.3, -0.25) is 48.1 Å². The molecule has 25 heteroatoms. The van der Waals surface area contributed by atoms with Crippen LogP contribution in [0, 0.1) is 0 Å². The molecular weight excluding hydrogens is 1030 g/mol. The van der Waals surface area contributed by atoms with E-state index in [1.165, 1.54) is 19.4 Å². The van der Waals surface area contributed by atoms with Crippen LogP contribution < -0.4 is 60.2 Å². The molecule has 0 bridgehead atoms. The summed E-state index contributed by atoms with van der Waals surface area (Å²) < 4.78 is 1.58. The van der Waals surface area contributed by atoms with Gasteiger partial charge in [0.25, 0.3) is 0 Å². The number of amides is 8. The first-order valence-corrected chi connectivity index (χ1v) is 26.6. The molecule has 25 nitrogen and oxygen atoms in total. The Balaban J connectivity index is 1.51. The number of rotatable bonds is 33. The molecule has 80 heavy (non-hydrogen) atoms. The lowest BCUT2D eigenvalue weighted by Crippen LogP contribution is -2.61. The molecule has 0 saturated carbocycles. The number of carbonyl (C=O) groups is 9. The topological polar surface area (TPSA) is 408 Å². The van der Waals surface area contributed by atoms with Gasteiger partial charge in [-0.25, -0.2) is 4.98 Å². The van der Waals surface area contributed by atoms with Crippen LogP contribution >= 0.6 is 0 Å². The third kappa shape index (κ3) is 19.2. The molecule has 5 aromatic rings. The smallest absolute Gasteiger partial charge is 0.305 e. The van der Waals surface area contributed by atoms with Crippen molar-refractivity contribution in [2.75, 3.05) is 13.1 Å². The first kappa shape index (κ1) is 62.0. The number of carboxylic acid groups (broad SMARTS) is 1. The van der Waals surface area contributed by atoms with Crippen LogP contribution in [0.3, 0.4) is 0 Å². The average Bonchev–Trinajstić information content (AvgIpc) is 4.03. The Morgan fingerprint density at radius 1 is 0.637 bits per heavy atom. The number of benzene rings is 3. The number of unbranched alkanes of at least 4 members (excludes halogenated alkanes) is 2. The highest BCUT2D eigenvalue weighted by Crippen LogP contribution is 2.21. The van der Waals surface area contributed by atoms with Gasteiger partial charge in [0.15, 0.2) is 5.96 Å². The van der Waals surface area contributed by atoms with Crippen LogP contribution in [-0.4, -0.2) is 134 Å². The molecule has 0 saturated heterocycles. The zero-order valence-electron chi connectivity index (χ0n) is 45.3. The number of aromatic amines is 1. The largest absolute Gasteiger partial charge is 0.481 e. The fraction of sp³-hybridized carbons (Fsp3) is 0.436. The Kier molecular flexibility index (Phi) is 23.9. The number of aromatic nitrogens is 3. The first-order valence-electron chi connectivity index (χ1n) is 26.6. The van der Waals surface area contributed by atoms with Gasteiger partial charge in [0.05, 0.1) is 12.7 Å². The summed E-state index contributed by atoms with van der Waals surface area (Å²) in [6.45, 7) is 3.48. The number of aryl methyl sites for hydroxylation is 1. The molecule has 3 aromatic carbocycles. The molecule has 7 atom stereocenters. The molecule has 17 N–H and O–H groups in total. The minimum absolute atomic E-state index is 0.0347. The fourth-order valence-corrected chi connectivity index (χ4v) is 9.03. The van der Waals surface area contributed by atoms with E-state index in [-0.39, 0.29) is 57.5 Å². The number of guanidine groups is 1. The first-order chi connectivity index (χ1) is 38.3. The second-order valence-corrected chi connectivity index (χ2v) is 19.6. The number of H-pyrrole nitrogens is 1. The number of nitrogens with zero attached hydrogens (tertiary/aromatic N) is 3. The van der Waals surface area contributed by atoms with E-state index in [0.717, 1.165) is 21.7 Å². The maximum Gasteiger partial charge on any atom is 0.305 e. The highest BCUT2D eigenvalue weighted by molar-refractivity contribution is 5.99. The number of para-hydroxylation sites is 1. The van der Waals surface area contributed by atoms with Crippen molar-refractivity contribution >= 4 is 80.9 Å². The summed E-state index contributed by atoms with van der Waals surface area (Å²) in [4.78, 5) is 135. The molecule has 0 aliphatic carbocycles. The molecule has 0 aliphatic rings. The van der Waals surface area contributed by atoms with E-state index in [1.54, 1.807) is 23.9 Å². The monoisotopic (exact) mass is 1110 g/mol. The zero-order valence-corrected chi connectivity index (χ0v) is 45.3. The normalized spacial score (nSPS) is 13.8. The molecule has 430 valence electrons. The zero-order chi connectivity index (χ0) is 58.3. The van der Waals surface area contributed by atoms with Gasteiger partial charge < -0.3 is 74.8 Å². The van der Waals surface area contributed by atoms with Crippen LogP contribution in [0.2, 0.25) is 0 Å². The maximum atomic E-state index is 15.0. The average molecular weight is 1110 g/mol. The van der Waals surface area contributed by atoms with Crippen LogP contribution in [0.15, 0.2) is 90.4 Å². The Morgan fingerprint density at radius 2 is 1.19 bits per heavy atom. The molecular formula is C55H75N15O10. The van der Waals surface area contributed by atoms with E-state index < -0.39 is 102 Å². The van der Waals surface area contributed by atoms with Crippen molar-refractivity contribution in [1.82, 2.24) is 51.8 Å². The van der Waals surface area contributed by atoms with Crippen LogP contribution in [0.25, 0.3) is 21.7 Å². The molecule has 8 amide bonds. The van der Waals surface area contributed by atoms with Gasteiger partial charge in [0.1, 0.15) is 42.3 Å². The molecule has 0 radical (unpaired) electrons. The van der Waals surface area contributed by atoms with E-state index in [0.29, 0.717) is 49.0 Å². The van der Waals surface area contributed by atoms with Crippen molar-refractivity contribution in [3.05, 3.63) is 102 Å². The van der Waals surface area contributed by atoms with E-state index in [9.17, 15) is 48.3 Å². The van der Waals surface area contributed by atoms with Crippen molar-refractivity contribution in [2.45, 2.75) is 133 Å². The van der Waals surface area contributed by atoms with Crippen LogP contribution in [0.5, 0.6) is 0 Å². The summed E-state index contributed by atoms with van der Waals surface area (Å²) in [5.74, 6) is -8.19. The predicted octanol–water partition coefficient (Wildman–Crippen LogP) is -0.171. The molecule has 0 unspecified atom stereocenters. The van der Waals surface area contributed by atoms with E-state index in [2.05, 4.69) is 52.2 Å². The SMILES string of the molecule is CCCC[C@H](NC(C)=O)C(=O)N[C@@H](CC(=O)O)C(=O)N[C@@H](Cc1cncn1C)C(=O)N[C@H](Cc1ccc2ccccc2c1)C(=O)N[C@@H](CCCN=C(N)N)C(=O)N[C@@H](Cc1c[nH]c2ccccc12)C(=O)N[C@@H](CCCCN)C(N)=O.